The average Bonchev–Trinajstić information content (AvgIpc) is 3.12. The molecule has 0 fully saturated rings. The molecule has 26 heavy (non-hydrogen) atoms. The first-order valence-corrected chi connectivity index (χ1v) is 10.7. The van der Waals surface area contributed by atoms with E-state index < -0.39 is 5.97 Å². The molecule has 1 unspecified atom stereocenters. The molecule has 1 heterocycles. The highest BCUT2D eigenvalue weighted by Gasteiger charge is 2.12. The number of tetrazole rings is 1. The lowest BCUT2D eigenvalue weighted by Crippen LogP contribution is -2.07. The Kier molecular flexibility index (Phi) is 13.7. The molecule has 0 radical (unpaired) electrons. The van der Waals surface area contributed by atoms with Gasteiger partial charge in [-0.15, -0.1) is 10.2 Å². The van der Waals surface area contributed by atoms with Crippen LogP contribution < -0.4 is 0 Å². The van der Waals surface area contributed by atoms with Crippen LogP contribution in [-0.2, 0) is 11.2 Å². The van der Waals surface area contributed by atoms with Crippen molar-refractivity contribution in [1.29, 1.82) is 0 Å². The molecule has 0 saturated carbocycles. The van der Waals surface area contributed by atoms with Gasteiger partial charge in [-0.1, -0.05) is 95.6 Å². The Morgan fingerprint density at radius 2 is 1.50 bits per heavy atom. The molecule has 6 heteroatoms. The van der Waals surface area contributed by atoms with Gasteiger partial charge in [-0.2, -0.15) is 5.21 Å². The first-order chi connectivity index (χ1) is 12.7. The van der Waals surface area contributed by atoms with Crippen molar-refractivity contribution in [2.24, 2.45) is 5.92 Å². The summed E-state index contributed by atoms with van der Waals surface area (Å²) in [4.78, 5) is 10.5. The van der Waals surface area contributed by atoms with E-state index in [-0.39, 0.29) is 0 Å². The van der Waals surface area contributed by atoms with Crippen LogP contribution in [0.15, 0.2) is 0 Å². The molecule has 150 valence electrons. The highest BCUT2D eigenvalue weighted by Crippen LogP contribution is 2.22. The van der Waals surface area contributed by atoms with Gasteiger partial charge in [0.2, 0.25) is 0 Å². The van der Waals surface area contributed by atoms with Gasteiger partial charge in [0.25, 0.3) is 0 Å². The van der Waals surface area contributed by atoms with Gasteiger partial charge in [0.05, 0.1) is 0 Å². The molecule has 0 aliphatic heterocycles. The normalized spacial score (nSPS) is 12.3. The molecule has 0 aliphatic rings. The molecule has 0 aromatic carbocycles. The van der Waals surface area contributed by atoms with Gasteiger partial charge in [-0.3, -0.25) is 4.79 Å². The SMILES string of the molecule is CCCCCCCCCC(CCCCCCCC(=O)O)Cc1nn[nH]n1. The van der Waals surface area contributed by atoms with Crippen molar-refractivity contribution in [2.45, 2.75) is 110 Å². The van der Waals surface area contributed by atoms with Crippen molar-refractivity contribution in [2.75, 3.05) is 0 Å². The summed E-state index contributed by atoms with van der Waals surface area (Å²) in [6.45, 7) is 2.26. The van der Waals surface area contributed by atoms with Crippen LogP contribution >= 0.6 is 0 Å². The van der Waals surface area contributed by atoms with E-state index in [0.29, 0.717) is 12.3 Å². The number of hydrogen-bond donors (Lipinski definition) is 2. The van der Waals surface area contributed by atoms with Gasteiger partial charge >= 0.3 is 5.97 Å². The Labute approximate surface area is 158 Å². The molecule has 2 N–H and O–H groups in total. The predicted octanol–water partition coefficient (Wildman–Crippen LogP) is 5.31. The van der Waals surface area contributed by atoms with Gasteiger partial charge in [0.1, 0.15) is 0 Å². The zero-order chi connectivity index (χ0) is 18.9. The fourth-order valence-electron chi connectivity index (χ4n) is 3.51. The Morgan fingerprint density at radius 1 is 0.923 bits per heavy atom. The lowest BCUT2D eigenvalue weighted by molar-refractivity contribution is -0.137. The van der Waals surface area contributed by atoms with Crippen LogP contribution in [0.3, 0.4) is 0 Å². The summed E-state index contributed by atoms with van der Waals surface area (Å²) < 4.78 is 0. The van der Waals surface area contributed by atoms with Crippen LogP contribution in [0, 0.1) is 5.92 Å². The number of aromatic nitrogens is 4. The van der Waals surface area contributed by atoms with Crippen LogP contribution in [0.4, 0.5) is 0 Å². The number of rotatable bonds is 18. The second kappa shape index (κ2) is 15.8. The molecule has 1 rings (SSSR count). The van der Waals surface area contributed by atoms with Gasteiger partial charge in [0, 0.05) is 12.8 Å². The Morgan fingerprint density at radius 3 is 2.04 bits per heavy atom. The highest BCUT2D eigenvalue weighted by atomic mass is 16.4. The Balaban J connectivity index is 2.14. The van der Waals surface area contributed by atoms with Crippen molar-refractivity contribution in [1.82, 2.24) is 20.6 Å². The maximum Gasteiger partial charge on any atom is 0.303 e. The fraction of sp³-hybridized carbons (Fsp3) is 0.900. The number of unbranched alkanes of at least 4 members (excludes halogenated alkanes) is 10. The fourth-order valence-corrected chi connectivity index (χ4v) is 3.51. The zero-order valence-corrected chi connectivity index (χ0v) is 16.6. The van der Waals surface area contributed by atoms with E-state index in [4.69, 9.17) is 5.11 Å². The smallest absolute Gasteiger partial charge is 0.303 e. The summed E-state index contributed by atoms with van der Waals surface area (Å²) in [6.07, 6.45) is 18.5. The minimum Gasteiger partial charge on any atom is -0.481 e. The van der Waals surface area contributed by atoms with Crippen LogP contribution in [0.2, 0.25) is 0 Å². The number of carbonyl (C=O) groups is 1. The van der Waals surface area contributed by atoms with Crippen molar-refractivity contribution >= 4 is 5.97 Å². The predicted molar refractivity (Wildman–Crippen MR) is 104 cm³/mol. The van der Waals surface area contributed by atoms with Crippen molar-refractivity contribution in [3.63, 3.8) is 0 Å². The van der Waals surface area contributed by atoms with E-state index in [9.17, 15) is 4.79 Å². The van der Waals surface area contributed by atoms with Gasteiger partial charge in [-0.05, 0) is 12.3 Å². The quantitative estimate of drug-likeness (QED) is 0.343. The molecular weight excluding hydrogens is 328 g/mol. The zero-order valence-electron chi connectivity index (χ0n) is 16.6. The highest BCUT2D eigenvalue weighted by molar-refractivity contribution is 5.66. The van der Waals surface area contributed by atoms with Crippen LogP contribution in [0.25, 0.3) is 0 Å². The molecule has 1 aromatic rings. The second-order valence-electron chi connectivity index (χ2n) is 7.51. The van der Waals surface area contributed by atoms with Crippen molar-refractivity contribution in [3.05, 3.63) is 5.82 Å². The Bertz CT molecular complexity index is 437. The summed E-state index contributed by atoms with van der Waals surface area (Å²) in [5.41, 5.74) is 0. The first kappa shape index (κ1) is 22.6. The standard InChI is InChI=1S/C20H38N4O2/c1-2-3-4-5-6-8-11-14-18(17-19-21-23-24-22-19)15-12-9-7-10-13-16-20(25)26/h18H,2-17H2,1H3,(H,25,26)(H,21,22,23,24). The van der Waals surface area contributed by atoms with Crippen LogP contribution in [0.5, 0.6) is 0 Å². The van der Waals surface area contributed by atoms with Gasteiger partial charge in [-0.25, -0.2) is 0 Å². The minimum absolute atomic E-state index is 0.304. The minimum atomic E-state index is -0.681. The molecule has 6 nitrogen and oxygen atoms in total. The lowest BCUT2D eigenvalue weighted by Gasteiger charge is -2.15. The molecular formula is C20H38N4O2. The van der Waals surface area contributed by atoms with Crippen LogP contribution in [0.1, 0.15) is 109 Å². The third-order valence-electron chi connectivity index (χ3n) is 5.08. The van der Waals surface area contributed by atoms with E-state index in [1.165, 1.54) is 70.6 Å². The molecule has 0 spiro atoms. The molecule has 1 atom stereocenters. The summed E-state index contributed by atoms with van der Waals surface area (Å²) >= 11 is 0. The van der Waals surface area contributed by atoms with Crippen LogP contribution in [-0.4, -0.2) is 31.7 Å². The number of aromatic amines is 1. The molecule has 1 aromatic heterocycles. The lowest BCUT2D eigenvalue weighted by atomic mass is 9.91. The van der Waals surface area contributed by atoms with Gasteiger partial charge < -0.3 is 5.11 Å². The number of carboxylic acids is 1. The third-order valence-corrected chi connectivity index (χ3v) is 5.08. The monoisotopic (exact) mass is 366 g/mol. The summed E-state index contributed by atoms with van der Waals surface area (Å²) in [6, 6.07) is 0. The van der Waals surface area contributed by atoms with E-state index in [2.05, 4.69) is 27.5 Å². The molecule has 0 bridgehead atoms. The Hall–Kier alpha value is -1.46. The topological polar surface area (TPSA) is 91.8 Å². The first-order valence-electron chi connectivity index (χ1n) is 10.7. The number of nitrogens with one attached hydrogen (secondary N) is 1. The number of nitrogens with zero attached hydrogens (tertiary/aromatic N) is 3. The second-order valence-corrected chi connectivity index (χ2v) is 7.51. The van der Waals surface area contributed by atoms with E-state index >= 15 is 0 Å². The van der Waals surface area contributed by atoms with Crippen molar-refractivity contribution in [3.8, 4) is 0 Å². The molecule has 0 aliphatic carbocycles. The van der Waals surface area contributed by atoms with Crippen molar-refractivity contribution < 1.29 is 9.90 Å². The number of carboxylic acid groups (broad SMARTS) is 1. The summed E-state index contributed by atoms with van der Waals surface area (Å²) in [5, 5.41) is 23.1. The van der Waals surface area contributed by atoms with E-state index in [1.54, 1.807) is 0 Å². The summed E-state index contributed by atoms with van der Waals surface area (Å²) in [7, 11) is 0. The number of H-pyrrole nitrogens is 1. The number of aliphatic carboxylic acids is 1. The molecule has 0 saturated heterocycles. The average molecular weight is 367 g/mol. The van der Waals surface area contributed by atoms with E-state index in [0.717, 1.165) is 31.5 Å². The maximum atomic E-state index is 10.5. The molecule has 0 amide bonds. The third kappa shape index (κ3) is 12.8. The largest absolute Gasteiger partial charge is 0.481 e. The summed E-state index contributed by atoms with van der Waals surface area (Å²) in [5.74, 6) is 0.793. The number of hydrogen-bond acceptors (Lipinski definition) is 4. The van der Waals surface area contributed by atoms with E-state index in [1.807, 2.05) is 0 Å². The maximum absolute atomic E-state index is 10.5. The van der Waals surface area contributed by atoms with Gasteiger partial charge in [0.15, 0.2) is 5.82 Å².